The molecule has 0 atom stereocenters. The lowest BCUT2D eigenvalue weighted by molar-refractivity contribution is 0.0950. The SMILES string of the molecule is Nc1c(Cl)c(Cl)nc(C(=O)N/N=C/c2ccc(-c3ccc(Cl)cc3)o2)c1Cl. The summed E-state index contributed by atoms with van der Waals surface area (Å²) in [5, 5.41) is 4.17. The highest BCUT2D eigenvalue weighted by molar-refractivity contribution is 6.46. The second kappa shape index (κ2) is 8.19. The van der Waals surface area contributed by atoms with Crippen LogP contribution in [0.5, 0.6) is 0 Å². The van der Waals surface area contributed by atoms with Crippen molar-refractivity contribution >= 4 is 64.2 Å². The Labute approximate surface area is 173 Å². The van der Waals surface area contributed by atoms with Crippen molar-refractivity contribution in [2.24, 2.45) is 5.10 Å². The van der Waals surface area contributed by atoms with E-state index in [2.05, 4.69) is 15.5 Å². The zero-order chi connectivity index (χ0) is 19.6. The topological polar surface area (TPSA) is 93.5 Å². The Kier molecular flexibility index (Phi) is 5.92. The molecule has 0 bridgehead atoms. The van der Waals surface area contributed by atoms with Crippen LogP contribution in [0.4, 0.5) is 5.69 Å². The van der Waals surface area contributed by atoms with Crippen LogP contribution in [0.1, 0.15) is 16.2 Å². The Morgan fingerprint density at radius 1 is 1.07 bits per heavy atom. The summed E-state index contributed by atoms with van der Waals surface area (Å²) in [4.78, 5) is 16.0. The number of furan rings is 1. The van der Waals surface area contributed by atoms with Crippen molar-refractivity contribution in [1.29, 1.82) is 0 Å². The number of hydrogen-bond acceptors (Lipinski definition) is 5. The zero-order valence-corrected chi connectivity index (χ0v) is 16.4. The zero-order valence-electron chi connectivity index (χ0n) is 13.3. The molecule has 2 aromatic heterocycles. The number of amides is 1. The first kappa shape index (κ1) is 19.5. The van der Waals surface area contributed by atoms with Crippen LogP contribution in [0, 0.1) is 0 Å². The van der Waals surface area contributed by atoms with Gasteiger partial charge in [-0.15, -0.1) is 0 Å². The van der Waals surface area contributed by atoms with E-state index >= 15 is 0 Å². The number of pyridine rings is 1. The van der Waals surface area contributed by atoms with Gasteiger partial charge in [-0.3, -0.25) is 4.79 Å². The monoisotopic (exact) mass is 442 g/mol. The normalized spacial score (nSPS) is 11.1. The third-order valence-electron chi connectivity index (χ3n) is 3.40. The van der Waals surface area contributed by atoms with E-state index in [-0.39, 0.29) is 26.6 Å². The number of nitrogens with one attached hydrogen (secondary N) is 1. The molecule has 27 heavy (non-hydrogen) atoms. The highest BCUT2D eigenvalue weighted by Crippen LogP contribution is 2.34. The minimum atomic E-state index is -0.703. The van der Waals surface area contributed by atoms with Gasteiger partial charge in [0, 0.05) is 10.6 Å². The lowest BCUT2D eigenvalue weighted by Gasteiger charge is -2.07. The van der Waals surface area contributed by atoms with E-state index in [1.54, 1.807) is 24.3 Å². The molecule has 0 saturated heterocycles. The van der Waals surface area contributed by atoms with Crippen LogP contribution in [0.15, 0.2) is 45.9 Å². The molecule has 3 rings (SSSR count). The van der Waals surface area contributed by atoms with Crippen molar-refractivity contribution in [3.8, 4) is 11.3 Å². The molecule has 0 radical (unpaired) electrons. The molecule has 138 valence electrons. The third kappa shape index (κ3) is 4.36. The van der Waals surface area contributed by atoms with E-state index in [0.29, 0.717) is 16.5 Å². The summed E-state index contributed by atoms with van der Waals surface area (Å²) in [6.45, 7) is 0. The quantitative estimate of drug-likeness (QED) is 0.325. The summed E-state index contributed by atoms with van der Waals surface area (Å²) in [5.41, 5.74) is 8.57. The van der Waals surface area contributed by atoms with Crippen LogP contribution in [0.2, 0.25) is 20.2 Å². The number of halogens is 4. The van der Waals surface area contributed by atoms with Crippen LogP contribution in [-0.4, -0.2) is 17.1 Å². The Morgan fingerprint density at radius 2 is 1.78 bits per heavy atom. The van der Waals surface area contributed by atoms with Crippen molar-refractivity contribution in [3.63, 3.8) is 0 Å². The number of nitrogens with zero attached hydrogens (tertiary/aromatic N) is 2. The maximum Gasteiger partial charge on any atom is 0.291 e. The number of carbonyl (C=O) groups excluding carboxylic acids is 1. The maximum atomic E-state index is 12.2. The first-order valence-electron chi connectivity index (χ1n) is 7.36. The molecule has 1 amide bonds. The molecule has 0 unspecified atom stereocenters. The van der Waals surface area contributed by atoms with E-state index in [1.165, 1.54) is 6.21 Å². The van der Waals surface area contributed by atoms with Gasteiger partial charge in [0.1, 0.15) is 16.5 Å². The van der Waals surface area contributed by atoms with E-state index in [0.717, 1.165) is 5.56 Å². The minimum absolute atomic E-state index is 0.0213. The summed E-state index contributed by atoms with van der Waals surface area (Å²) in [7, 11) is 0. The summed E-state index contributed by atoms with van der Waals surface area (Å²) < 4.78 is 5.63. The number of hydrogen-bond donors (Lipinski definition) is 2. The number of benzene rings is 1. The van der Waals surface area contributed by atoms with Gasteiger partial charge >= 0.3 is 0 Å². The van der Waals surface area contributed by atoms with Gasteiger partial charge in [-0.25, -0.2) is 10.4 Å². The van der Waals surface area contributed by atoms with Crippen LogP contribution in [-0.2, 0) is 0 Å². The number of aromatic nitrogens is 1. The highest BCUT2D eigenvalue weighted by atomic mass is 35.5. The smallest absolute Gasteiger partial charge is 0.291 e. The fourth-order valence-electron chi connectivity index (χ4n) is 2.08. The van der Waals surface area contributed by atoms with Gasteiger partial charge in [-0.2, -0.15) is 5.10 Å². The Balaban J connectivity index is 1.71. The molecule has 0 aliphatic rings. The molecule has 3 aromatic rings. The molecular weight excluding hydrogens is 434 g/mol. The predicted molar refractivity (Wildman–Crippen MR) is 108 cm³/mol. The Bertz CT molecular complexity index is 1030. The minimum Gasteiger partial charge on any atom is -0.455 e. The fraction of sp³-hybridized carbons (Fsp3) is 0. The Morgan fingerprint density at radius 3 is 2.48 bits per heavy atom. The molecule has 3 N–H and O–H groups in total. The van der Waals surface area contributed by atoms with Gasteiger partial charge in [0.25, 0.3) is 5.91 Å². The van der Waals surface area contributed by atoms with Crippen molar-refractivity contribution in [2.45, 2.75) is 0 Å². The molecule has 0 saturated carbocycles. The lowest BCUT2D eigenvalue weighted by atomic mass is 10.2. The molecule has 6 nitrogen and oxygen atoms in total. The van der Waals surface area contributed by atoms with Crippen LogP contribution >= 0.6 is 46.4 Å². The first-order valence-corrected chi connectivity index (χ1v) is 8.87. The van der Waals surface area contributed by atoms with Crippen molar-refractivity contribution in [3.05, 3.63) is 68.1 Å². The van der Waals surface area contributed by atoms with E-state index in [1.807, 2.05) is 12.1 Å². The van der Waals surface area contributed by atoms with E-state index < -0.39 is 5.91 Å². The Hall–Kier alpha value is -2.25. The summed E-state index contributed by atoms with van der Waals surface area (Å²) in [6.07, 6.45) is 1.33. The lowest BCUT2D eigenvalue weighted by Crippen LogP contribution is -2.20. The van der Waals surface area contributed by atoms with Gasteiger partial charge < -0.3 is 10.2 Å². The van der Waals surface area contributed by atoms with Crippen molar-refractivity contribution < 1.29 is 9.21 Å². The van der Waals surface area contributed by atoms with Crippen molar-refractivity contribution in [1.82, 2.24) is 10.4 Å². The maximum absolute atomic E-state index is 12.2. The molecular formula is C17H10Cl4N4O2. The number of rotatable bonds is 4. The summed E-state index contributed by atoms with van der Waals surface area (Å²) in [6, 6.07) is 10.6. The number of nitrogens with two attached hydrogens (primary N) is 1. The van der Waals surface area contributed by atoms with E-state index in [4.69, 9.17) is 56.6 Å². The molecule has 0 spiro atoms. The molecule has 0 aliphatic carbocycles. The first-order chi connectivity index (χ1) is 12.9. The van der Waals surface area contributed by atoms with Crippen LogP contribution in [0.25, 0.3) is 11.3 Å². The second-order valence-electron chi connectivity index (χ2n) is 5.20. The molecule has 1 aromatic carbocycles. The molecule has 2 heterocycles. The van der Waals surface area contributed by atoms with Crippen LogP contribution in [0.3, 0.4) is 0 Å². The van der Waals surface area contributed by atoms with Gasteiger partial charge in [-0.05, 0) is 36.4 Å². The highest BCUT2D eigenvalue weighted by Gasteiger charge is 2.19. The second-order valence-corrected chi connectivity index (χ2v) is 6.75. The largest absolute Gasteiger partial charge is 0.455 e. The molecule has 0 fully saturated rings. The number of anilines is 1. The van der Waals surface area contributed by atoms with Crippen LogP contribution < -0.4 is 11.2 Å². The number of nitrogen functional groups attached to an aromatic ring is 1. The van der Waals surface area contributed by atoms with E-state index in [9.17, 15) is 4.79 Å². The van der Waals surface area contributed by atoms with Gasteiger partial charge in [0.2, 0.25) is 0 Å². The van der Waals surface area contributed by atoms with Crippen molar-refractivity contribution in [2.75, 3.05) is 5.73 Å². The predicted octanol–water partition coefficient (Wildman–Crippen LogP) is 5.30. The van der Waals surface area contributed by atoms with Gasteiger partial charge in [-0.1, -0.05) is 46.4 Å². The number of carbonyl (C=O) groups is 1. The van der Waals surface area contributed by atoms with Gasteiger partial charge in [0.05, 0.1) is 16.9 Å². The average Bonchev–Trinajstić information content (AvgIpc) is 3.12. The third-order valence-corrected chi connectivity index (χ3v) is 4.79. The number of hydrazone groups is 1. The average molecular weight is 444 g/mol. The summed E-state index contributed by atoms with van der Waals surface area (Å²) >= 11 is 23.5. The molecule has 10 heteroatoms. The van der Waals surface area contributed by atoms with Gasteiger partial charge in [0.15, 0.2) is 10.8 Å². The standard InChI is InChI=1S/C17H10Cl4N4O2/c18-9-3-1-8(2-4-9)11-6-5-10(27-11)7-23-25-17(26)15-12(19)14(22)13(20)16(21)24-15/h1-7H,(H2,22,24)(H,25,26)/b23-7+. The summed E-state index contributed by atoms with van der Waals surface area (Å²) in [5.74, 6) is 0.348. The molecule has 0 aliphatic heterocycles. The fourth-order valence-corrected chi connectivity index (χ4v) is 2.80.